The lowest BCUT2D eigenvalue weighted by atomic mass is 10.1. The van der Waals surface area contributed by atoms with Crippen LogP contribution in [0.25, 0.3) is 11.3 Å². The number of benzene rings is 1. The third kappa shape index (κ3) is 2.62. The molecule has 1 saturated carbocycles. The van der Waals surface area contributed by atoms with Gasteiger partial charge in [0.25, 0.3) is 0 Å². The van der Waals surface area contributed by atoms with Gasteiger partial charge in [-0.25, -0.2) is 4.39 Å². The highest BCUT2D eigenvalue weighted by molar-refractivity contribution is 9.10. The highest BCUT2D eigenvalue weighted by atomic mass is 79.9. The molecular weight excluding hydrogens is 299 g/mol. The standard InChI is InChI=1S/C13H12BrFN2O/c14-8-1-4-12(15)11(5-8)13-6-10(17-18-13)7-16-9-2-3-9/h1,4-6,9,16H,2-3,7H2. The summed E-state index contributed by atoms with van der Waals surface area (Å²) in [5.41, 5.74) is 1.23. The minimum absolute atomic E-state index is 0.309. The lowest BCUT2D eigenvalue weighted by molar-refractivity contribution is 0.418. The Bertz CT molecular complexity index is 566. The molecule has 0 amide bonds. The summed E-state index contributed by atoms with van der Waals surface area (Å²) in [6, 6.07) is 7.15. The van der Waals surface area contributed by atoms with Crippen LogP contribution < -0.4 is 5.32 Å². The Kier molecular flexibility index (Phi) is 3.18. The van der Waals surface area contributed by atoms with Crippen molar-refractivity contribution in [2.24, 2.45) is 0 Å². The van der Waals surface area contributed by atoms with Crippen molar-refractivity contribution in [3.8, 4) is 11.3 Å². The van der Waals surface area contributed by atoms with E-state index in [9.17, 15) is 4.39 Å². The van der Waals surface area contributed by atoms with Gasteiger partial charge in [0, 0.05) is 23.1 Å². The van der Waals surface area contributed by atoms with Crippen molar-refractivity contribution in [3.05, 3.63) is 40.2 Å². The van der Waals surface area contributed by atoms with Gasteiger partial charge in [-0.3, -0.25) is 0 Å². The van der Waals surface area contributed by atoms with Crippen molar-refractivity contribution >= 4 is 15.9 Å². The summed E-state index contributed by atoms with van der Waals surface area (Å²) in [6.45, 7) is 0.670. The number of halogens is 2. The number of rotatable bonds is 4. The summed E-state index contributed by atoms with van der Waals surface area (Å²) < 4.78 is 19.7. The predicted molar refractivity (Wildman–Crippen MR) is 69.5 cm³/mol. The maximum absolute atomic E-state index is 13.7. The molecule has 1 fully saturated rings. The van der Waals surface area contributed by atoms with Crippen LogP contribution in [0, 0.1) is 5.82 Å². The van der Waals surface area contributed by atoms with Gasteiger partial charge in [-0.1, -0.05) is 21.1 Å². The average molecular weight is 311 g/mol. The topological polar surface area (TPSA) is 38.1 Å². The van der Waals surface area contributed by atoms with Gasteiger partial charge < -0.3 is 9.84 Å². The molecule has 0 aliphatic heterocycles. The van der Waals surface area contributed by atoms with Gasteiger partial charge >= 0.3 is 0 Å². The molecule has 0 spiro atoms. The molecule has 0 atom stereocenters. The van der Waals surface area contributed by atoms with Crippen LogP contribution in [0.1, 0.15) is 18.5 Å². The number of hydrogen-bond donors (Lipinski definition) is 1. The Labute approximate surface area is 112 Å². The normalized spacial score (nSPS) is 15.0. The fourth-order valence-electron chi connectivity index (χ4n) is 1.74. The molecule has 18 heavy (non-hydrogen) atoms. The monoisotopic (exact) mass is 310 g/mol. The second kappa shape index (κ2) is 4.82. The van der Waals surface area contributed by atoms with Crippen LogP contribution >= 0.6 is 15.9 Å². The van der Waals surface area contributed by atoms with Gasteiger partial charge in [-0.2, -0.15) is 0 Å². The minimum atomic E-state index is -0.309. The molecule has 1 aliphatic rings. The predicted octanol–water partition coefficient (Wildman–Crippen LogP) is 3.50. The summed E-state index contributed by atoms with van der Waals surface area (Å²) >= 11 is 3.32. The highest BCUT2D eigenvalue weighted by Crippen LogP contribution is 2.27. The van der Waals surface area contributed by atoms with Crippen LogP contribution in [-0.2, 0) is 6.54 Å². The lowest BCUT2D eigenvalue weighted by Gasteiger charge is -1.98. The molecule has 0 bridgehead atoms. The van der Waals surface area contributed by atoms with Gasteiger partial charge in [0.05, 0.1) is 11.3 Å². The summed E-state index contributed by atoms with van der Waals surface area (Å²) in [4.78, 5) is 0. The van der Waals surface area contributed by atoms with Gasteiger partial charge in [-0.15, -0.1) is 0 Å². The first-order chi connectivity index (χ1) is 8.72. The minimum Gasteiger partial charge on any atom is -0.356 e. The molecule has 0 unspecified atom stereocenters. The van der Waals surface area contributed by atoms with E-state index in [-0.39, 0.29) is 5.82 Å². The first-order valence-corrected chi connectivity index (χ1v) is 6.66. The maximum atomic E-state index is 13.7. The first-order valence-electron chi connectivity index (χ1n) is 5.87. The van der Waals surface area contributed by atoms with E-state index in [0.29, 0.717) is 23.9 Å². The molecule has 1 heterocycles. The van der Waals surface area contributed by atoms with Crippen molar-refractivity contribution in [2.45, 2.75) is 25.4 Å². The molecule has 2 aromatic rings. The van der Waals surface area contributed by atoms with Crippen LogP contribution in [0.4, 0.5) is 4.39 Å². The Morgan fingerprint density at radius 3 is 3.00 bits per heavy atom. The van der Waals surface area contributed by atoms with Gasteiger partial charge in [0.15, 0.2) is 5.76 Å². The van der Waals surface area contributed by atoms with E-state index in [0.717, 1.165) is 10.2 Å². The SMILES string of the molecule is Fc1ccc(Br)cc1-c1cc(CNC2CC2)no1. The zero-order chi connectivity index (χ0) is 12.5. The first kappa shape index (κ1) is 11.9. The molecule has 1 aliphatic carbocycles. The van der Waals surface area contributed by atoms with E-state index < -0.39 is 0 Å². The summed E-state index contributed by atoms with van der Waals surface area (Å²) in [6.07, 6.45) is 2.45. The number of aromatic nitrogens is 1. The molecule has 0 saturated heterocycles. The van der Waals surface area contributed by atoms with Crippen molar-refractivity contribution in [1.29, 1.82) is 0 Å². The quantitative estimate of drug-likeness (QED) is 0.939. The van der Waals surface area contributed by atoms with Crippen molar-refractivity contribution < 1.29 is 8.91 Å². The lowest BCUT2D eigenvalue weighted by Crippen LogP contribution is -2.15. The summed E-state index contributed by atoms with van der Waals surface area (Å²) in [7, 11) is 0. The van der Waals surface area contributed by atoms with E-state index >= 15 is 0 Å². The molecule has 5 heteroatoms. The van der Waals surface area contributed by atoms with Crippen LogP contribution in [-0.4, -0.2) is 11.2 Å². The summed E-state index contributed by atoms with van der Waals surface area (Å²) in [5, 5.41) is 7.28. The molecule has 1 N–H and O–H groups in total. The average Bonchev–Trinajstić information content (AvgIpc) is 3.08. The van der Waals surface area contributed by atoms with E-state index in [1.165, 1.54) is 18.9 Å². The van der Waals surface area contributed by atoms with Crippen LogP contribution in [0.15, 0.2) is 33.3 Å². The molecule has 3 nitrogen and oxygen atoms in total. The fourth-order valence-corrected chi connectivity index (χ4v) is 2.11. The second-order valence-corrected chi connectivity index (χ2v) is 5.38. The van der Waals surface area contributed by atoms with Gasteiger partial charge in [-0.05, 0) is 31.0 Å². The van der Waals surface area contributed by atoms with Gasteiger partial charge in [0.2, 0.25) is 0 Å². The van der Waals surface area contributed by atoms with E-state index in [4.69, 9.17) is 4.52 Å². The van der Waals surface area contributed by atoms with Crippen molar-refractivity contribution in [3.63, 3.8) is 0 Å². The second-order valence-electron chi connectivity index (χ2n) is 4.46. The Morgan fingerprint density at radius 2 is 2.22 bits per heavy atom. The highest BCUT2D eigenvalue weighted by Gasteiger charge is 2.21. The van der Waals surface area contributed by atoms with Crippen LogP contribution in [0.2, 0.25) is 0 Å². The van der Waals surface area contributed by atoms with E-state index in [2.05, 4.69) is 26.4 Å². The Balaban J connectivity index is 1.80. The molecule has 94 valence electrons. The number of hydrogen-bond acceptors (Lipinski definition) is 3. The summed E-state index contributed by atoms with van der Waals surface area (Å²) in [5.74, 6) is 0.150. The smallest absolute Gasteiger partial charge is 0.170 e. The van der Waals surface area contributed by atoms with Crippen molar-refractivity contribution in [2.75, 3.05) is 0 Å². The van der Waals surface area contributed by atoms with Gasteiger partial charge in [0.1, 0.15) is 5.82 Å². The number of nitrogens with zero attached hydrogens (tertiary/aromatic N) is 1. The van der Waals surface area contributed by atoms with Crippen LogP contribution in [0.5, 0.6) is 0 Å². The maximum Gasteiger partial charge on any atom is 0.170 e. The third-order valence-corrected chi connectivity index (χ3v) is 3.40. The fraction of sp³-hybridized carbons (Fsp3) is 0.308. The zero-order valence-electron chi connectivity index (χ0n) is 9.62. The molecule has 3 rings (SSSR count). The molecular formula is C13H12BrFN2O. The largest absolute Gasteiger partial charge is 0.356 e. The molecule has 1 aromatic heterocycles. The number of nitrogens with one attached hydrogen (secondary N) is 1. The van der Waals surface area contributed by atoms with Crippen LogP contribution in [0.3, 0.4) is 0 Å². The molecule has 1 aromatic carbocycles. The van der Waals surface area contributed by atoms with Crippen molar-refractivity contribution in [1.82, 2.24) is 10.5 Å². The Morgan fingerprint density at radius 1 is 1.39 bits per heavy atom. The van der Waals surface area contributed by atoms with E-state index in [1.54, 1.807) is 18.2 Å². The zero-order valence-corrected chi connectivity index (χ0v) is 11.2. The molecule has 0 radical (unpaired) electrons. The Hall–Kier alpha value is -1.20. The third-order valence-electron chi connectivity index (χ3n) is 2.90. The van der Waals surface area contributed by atoms with E-state index in [1.807, 2.05) is 0 Å².